The van der Waals surface area contributed by atoms with Crippen molar-refractivity contribution in [3.8, 4) is 11.3 Å². The zero-order chi connectivity index (χ0) is 16.7. The summed E-state index contributed by atoms with van der Waals surface area (Å²) in [6.45, 7) is 6.88. The molecule has 0 atom stereocenters. The molecule has 0 radical (unpaired) electrons. The van der Waals surface area contributed by atoms with Crippen LogP contribution in [0.2, 0.25) is 0 Å². The minimum absolute atomic E-state index is 0.0173. The highest BCUT2D eigenvalue weighted by Gasteiger charge is 2.19. The van der Waals surface area contributed by atoms with Crippen molar-refractivity contribution >= 4 is 27.4 Å². The number of nitrogens with zero attached hydrogens (tertiary/aromatic N) is 2. The maximum absolute atomic E-state index is 13.0. The fourth-order valence-electron chi connectivity index (χ4n) is 3.00. The number of thiazole rings is 1. The number of rotatable bonds is 2. The Bertz CT molecular complexity index is 955. The molecular weight excluding hydrogens is 324 g/mol. The van der Waals surface area contributed by atoms with E-state index in [9.17, 15) is 4.79 Å². The van der Waals surface area contributed by atoms with Crippen molar-refractivity contribution in [3.63, 3.8) is 0 Å². The number of benzene rings is 1. The van der Waals surface area contributed by atoms with Crippen molar-refractivity contribution in [2.24, 2.45) is 0 Å². The minimum Gasteiger partial charge on any atom is -0.460 e. The summed E-state index contributed by atoms with van der Waals surface area (Å²) in [4.78, 5) is 19.8. The average Bonchev–Trinajstić information content (AvgIpc) is 3.06. The van der Waals surface area contributed by atoms with Gasteiger partial charge in [0.25, 0.3) is 0 Å². The molecule has 1 aliphatic heterocycles. The highest BCUT2D eigenvalue weighted by atomic mass is 32.1. The van der Waals surface area contributed by atoms with Crippen molar-refractivity contribution in [3.05, 3.63) is 45.1 Å². The monoisotopic (exact) mass is 342 g/mol. The lowest BCUT2D eigenvalue weighted by atomic mass is 10.1. The van der Waals surface area contributed by atoms with Crippen LogP contribution in [0.15, 0.2) is 32.8 Å². The van der Waals surface area contributed by atoms with E-state index in [4.69, 9.17) is 9.15 Å². The van der Waals surface area contributed by atoms with Crippen LogP contribution in [0.25, 0.3) is 22.2 Å². The quantitative estimate of drug-likeness (QED) is 0.715. The standard InChI is InChI=1S/C18H18N2O3S/c1-11-3-4-15-13(9-11)17(21)16(12(2)23-15)14-10-24-18(19-14)20-5-7-22-8-6-20/h3-4,9-10H,5-8H2,1-2H3. The van der Waals surface area contributed by atoms with Gasteiger partial charge in [-0.3, -0.25) is 4.79 Å². The number of hydrogen-bond donors (Lipinski definition) is 0. The van der Waals surface area contributed by atoms with Crippen molar-refractivity contribution in [2.45, 2.75) is 13.8 Å². The summed E-state index contributed by atoms with van der Waals surface area (Å²) >= 11 is 1.56. The molecule has 0 saturated carbocycles. The lowest BCUT2D eigenvalue weighted by molar-refractivity contribution is 0.122. The van der Waals surface area contributed by atoms with Crippen molar-refractivity contribution in [2.75, 3.05) is 31.2 Å². The second kappa shape index (κ2) is 6.03. The summed E-state index contributed by atoms with van der Waals surface area (Å²) in [5.41, 5.74) is 2.89. The molecule has 1 aromatic carbocycles. The molecule has 6 heteroatoms. The van der Waals surface area contributed by atoms with Crippen LogP contribution in [-0.2, 0) is 4.74 Å². The highest BCUT2D eigenvalue weighted by molar-refractivity contribution is 7.14. The Kier molecular flexibility index (Phi) is 3.86. The van der Waals surface area contributed by atoms with Crippen LogP contribution in [0.5, 0.6) is 0 Å². The number of aromatic nitrogens is 1. The van der Waals surface area contributed by atoms with Gasteiger partial charge in [-0.2, -0.15) is 0 Å². The van der Waals surface area contributed by atoms with E-state index in [1.807, 2.05) is 37.4 Å². The van der Waals surface area contributed by atoms with Gasteiger partial charge in [-0.25, -0.2) is 4.98 Å². The van der Waals surface area contributed by atoms with E-state index in [1.165, 1.54) is 0 Å². The largest absolute Gasteiger partial charge is 0.460 e. The molecule has 0 bridgehead atoms. The zero-order valence-corrected chi connectivity index (χ0v) is 14.5. The first kappa shape index (κ1) is 15.4. The van der Waals surface area contributed by atoms with Gasteiger partial charge < -0.3 is 14.1 Å². The Morgan fingerprint density at radius 3 is 2.79 bits per heavy atom. The van der Waals surface area contributed by atoms with Gasteiger partial charge in [0, 0.05) is 18.5 Å². The number of hydrogen-bond acceptors (Lipinski definition) is 6. The van der Waals surface area contributed by atoms with E-state index in [1.54, 1.807) is 11.3 Å². The van der Waals surface area contributed by atoms with Crippen molar-refractivity contribution in [1.29, 1.82) is 0 Å². The smallest absolute Gasteiger partial charge is 0.202 e. The SMILES string of the molecule is Cc1ccc2oc(C)c(-c3csc(N4CCOCC4)n3)c(=O)c2c1. The van der Waals surface area contributed by atoms with E-state index in [2.05, 4.69) is 9.88 Å². The first-order chi connectivity index (χ1) is 11.6. The van der Waals surface area contributed by atoms with Gasteiger partial charge in [-0.15, -0.1) is 11.3 Å². The van der Waals surface area contributed by atoms with Crippen LogP contribution in [0.1, 0.15) is 11.3 Å². The van der Waals surface area contributed by atoms with Crippen molar-refractivity contribution < 1.29 is 9.15 Å². The summed E-state index contributed by atoms with van der Waals surface area (Å²) < 4.78 is 11.2. The molecule has 3 heterocycles. The molecule has 2 aromatic heterocycles. The predicted molar refractivity (Wildman–Crippen MR) is 96.1 cm³/mol. The number of ether oxygens (including phenoxy) is 1. The van der Waals surface area contributed by atoms with Crippen molar-refractivity contribution in [1.82, 2.24) is 4.98 Å². The van der Waals surface area contributed by atoms with Gasteiger partial charge in [0.05, 0.1) is 29.9 Å². The molecule has 24 heavy (non-hydrogen) atoms. The third-order valence-electron chi connectivity index (χ3n) is 4.25. The molecule has 3 aromatic rings. The van der Waals surface area contributed by atoms with Crippen LogP contribution in [0, 0.1) is 13.8 Å². The van der Waals surface area contributed by atoms with Crippen LogP contribution in [-0.4, -0.2) is 31.3 Å². The van der Waals surface area contributed by atoms with E-state index >= 15 is 0 Å². The summed E-state index contributed by atoms with van der Waals surface area (Å²) in [5.74, 6) is 0.607. The average molecular weight is 342 g/mol. The fraction of sp³-hybridized carbons (Fsp3) is 0.333. The summed E-state index contributed by atoms with van der Waals surface area (Å²) in [5, 5.41) is 3.47. The molecule has 0 N–H and O–H groups in total. The molecular formula is C18H18N2O3S. The first-order valence-corrected chi connectivity index (χ1v) is 8.84. The third kappa shape index (κ3) is 2.61. The van der Waals surface area contributed by atoms with Gasteiger partial charge in [0.1, 0.15) is 11.3 Å². The molecule has 0 amide bonds. The van der Waals surface area contributed by atoms with Gasteiger partial charge in [0.15, 0.2) is 5.13 Å². The van der Waals surface area contributed by atoms with E-state index < -0.39 is 0 Å². The number of anilines is 1. The lowest BCUT2D eigenvalue weighted by Gasteiger charge is -2.26. The molecule has 0 aliphatic carbocycles. The Hall–Kier alpha value is -2.18. The Morgan fingerprint density at radius 2 is 2.00 bits per heavy atom. The molecule has 1 saturated heterocycles. The normalized spacial score (nSPS) is 15.2. The fourth-order valence-corrected chi connectivity index (χ4v) is 3.87. The third-order valence-corrected chi connectivity index (χ3v) is 5.15. The van der Waals surface area contributed by atoms with Crippen LogP contribution < -0.4 is 10.3 Å². The number of aryl methyl sites for hydroxylation is 2. The molecule has 1 fully saturated rings. The Balaban J connectivity index is 1.81. The Labute approximate surface area is 143 Å². The number of morpholine rings is 1. The van der Waals surface area contributed by atoms with Crippen LogP contribution in [0.4, 0.5) is 5.13 Å². The summed E-state index contributed by atoms with van der Waals surface area (Å²) in [6, 6.07) is 5.67. The van der Waals surface area contributed by atoms with Gasteiger partial charge in [-0.1, -0.05) is 11.6 Å². The summed E-state index contributed by atoms with van der Waals surface area (Å²) in [6.07, 6.45) is 0. The molecule has 4 rings (SSSR count). The summed E-state index contributed by atoms with van der Waals surface area (Å²) in [7, 11) is 0. The van der Waals surface area contributed by atoms with Gasteiger partial charge in [-0.05, 0) is 26.0 Å². The Morgan fingerprint density at radius 1 is 1.21 bits per heavy atom. The zero-order valence-electron chi connectivity index (χ0n) is 13.7. The lowest BCUT2D eigenvalue weighted by Crippen LogP contribution is -2.36. The van der Waals surface area contributed by atoms with Gasteiger partial charge >= 0.3 is 0 Å². The van der Waals surface area contributed by atoms with E-state index in [0.29, 0.717) is 41.2 Å². The number of fused-ring (bicyclic) bond motifs is 1. The molecule has 1 aliphatic rings. The second-order valence-electron chi connectivity index (χ2n) is 5.98. The molecule has 124 valence electrons. The maximum atomic E-state index is 13.0. The van der Waals surface area contributed by atoms with E-state index in [-0.39, 0.29) is 5.43 Å². The molecule has 5 nitrogen and oxygen atoms in total. The van der Waals surface area contributed by atoms with Crippen LogP contribution in [0.3, 0.4) is 0 Å². The first-order valence-electron chi connectivity index (χ1n) is 7.96. The minimum atomic E-state index is -0.0173. The topological polar surface area (TPSA) is 55.6 Å². The van der Waals surface area contributed by atoms with E-state index in [0.717, 1.165) is 23.8 Å². The van der Waals surface area contributed by atoms with Gasteiger partial charge in [0.2, 0.25) is 5.43 Å². The highest BCUT2D eigenvalue weighted by Crippen LogP contribution is 2.29. The molecule has 0 unspecified atom stereocenters. The second-order valence-corrected chi connectivity index (χ2v) is 6.81. The maximum Gasteiger partial charge on any atom is 0.202 e. The predicted octanol–water partition coefficient (Wildman–Crippen LogP) is 3.37. The van der Waals surface area contributed by atoms with Crippen LogP contribution >= 0.6 is 11.3 Å². The molecule has 0 spiro atoms.